The molecule has 0 radical (unpaired) electrons. The first-order valence-corrected chi connectivity index (χ1v) is 3.48. The molecule has 0 amide bonds. The Morgan fingerprint density at radius 2 is 2.23 bits per heavy atom. The molecule has 1 aromatic heterocycles. The predicted octanol–water partition coefficient (Wildman–Crippen LogP) is 0.545. The van der Waals surface area contributed by atoms with Crippen LogP contribution in [0.5, 0.6) is 5.75 Å². The number of ether oxygens (including phenoxy) is 1. The molecule has 0 bridgehead atoms. The second-order valence-corrected chi connectivity index (χ2v) is 2.45. The van der Waals surface area contributed by atoms with Crippen molar-refractivity contribution in [3.8, 4) is 5.75 Å². The lowest BCUT2D eigenvalue weighted by atomic mass is 10.3. The summed E-state index contributed by atoms with van der Waals surface area (Å²) in [4.78, 5) is 9.76. The van der Waals surface area contributed by atoms with Crippen LogP contribution in [0.4, 0.5) is 5.69 Å². The first-order chi connectivity index (χ1) is 6.06. The molecule has 1 heterocycles. The van der Waals surface area contributed by atoms with Crippen LogP contribution in [-0.2, 0) is 0 Å². The molecule has 6 nitrogen and oxygen atoms in total. The molecule has 0 aromatic carbocycles. The Bertz CT molecular complexity index is 351. The lowest BCUT2D eigenvalue weighted by Gasteiger charge is -2.03. The van der Waals surface area contributed by atoms with Crippen molar-refractivity contribution in [1.29, 1.82) is 0 Å². The summed E-state index contributed by atoms with van der Waals surface area (Å²) in [5, 5.41) is 21.4. The van der Waals surface area contributed by atoms with E-state index >= 15 is 0 Å². The van der Waals surface area contributed by atoms with Gasteiger partial charge in [0.15, 0.2) is 5.69 Å². The summed E-state index contributed by atoms with van der Waals surface area (Å²) in [7, 11) is 1.32. The highest BCUT2D eigenvalue weighted by molar-refractivity contribution is 5.42. The van der Waals surface area contributed by atoms with Crippen LogP contribution < -0.4 is 9.47 Å². The number of nitrogens with zero attached hydrogens (tertiary/aromatic N) is 2. The fourth-order valence-corrected chi connectivity index (χ4v) is 0.904. The number of aromatic nitrogens is 1. The Balaban J connectivity index is 3.33. The van der Waals surface area contributed by atoms with Gasteiger partial charge < -0.3 is 9.94 Å². The third-order valence-electron chi connectivity index (χ3n) is 1.60. The van der Waals surface area contributed by atoms with Crippen LogP contribution in [0.2, 0.25) is 0 Å². The van der Waals surface area contributed by atoms with E-state index < -0.39 is 4.92 Å². The van der Waals surface area contributed by atoms with Crippen LogP contribution in [0, 0.1) is 22.2 Å². The molecule has 0 aliphatic rings. The van der Waals surface area contributed by atoms with Gasteiger partial charge in [-0.1, -0.05) is 0 Å². The third kappa shape index (κ3) is 1.66. The molecule has 0 unspecified atom stereocenters. The molecular formula is C7H8N2O4. The number of aryl methyl sites for hydroxylation is 1. The topological polar surface area (TPSA) is 79.3 Å². The van der Waals surface area contributed by atoms with E-state index in [9.17, 15) is 15.3 Å². The highest BCUT2D eigenvalue weighted by atomic mass is 16.6. The van der Waals surface area contributed by atoms with Gasteiger partial charge in [-0.25, -0.2) is 0 Å². The summed E-state index contributed by atoms with van der Waals surface area (Å²) < 4.78 is 5.18. The predicted molar refractivity (Wildman–Crippen MR) is 43.3 cm³/mol. The summed E-state index contributed by atoms with van der Waals surface area (Å²) in [5.41, 5.74) is 0.0190. The first-order valence-electron chi connectivity index (χ1n) is 3.48. The zero-order valence-electron chi connectivity index (χ0n) is 7.18. The smallest absolute Gasteiger partial charge is 0.375 e. The van der Waals surface area contributed by atoms with Gasteiger partial charge in [-0.3, -0.25) is 10.1 Å². The minimum atomic E-state index is -0.660. The number of pyridine rings is 1. The molecule has 70 valence electrons. The van der Waals surface area contributed by atoms with Gasteiger partial charge in [0.05, 0.1) is 18.1 Å². The van der Waals surface area contributed by atoms with Crippen LogP contribution >= 0.6 is 0 Å². The van der Waals surface area contributed by atoms with Crippen LogP contribution in [0.25, 0.3) is 0 Å². The molecule has 0 aliphatic heterocycles. The normalized spacial score (nSPS) is 9.69. The molecule has 0 saturated carbocycles. The number of hydrogen-bond acceptors (Lipinski definition) is 4. The van der Waals surface area contributed by atoms with Crippen molar-refractivity contribution in [1.82, 2.24) is 0 Å². The van der Waals surface area contributed by atoms with Crippen molar-refractivity contribution in [2.24, 2.45) is 0 Å². The Morgan fingerprint density at radius 3 is 2.69 bits per heavy atom. The SMILES string of the molecule is COc1cc(C)[n+]([O-])cc1[N+](=O)[O-]. The van der Waals surface area contributed by atoms with Crippen molar-refractivity contribution in [3.05, 3.63) is 33.3 Å². The second-order valence-electron chi connectivity index (χ2n) is 2.45. The van der Waals surface area contributed by atoms with Gasteiger partial charge in [-0.05, 0) is 0 Å². The van der Waals surface area contributed by atoms with Gasteiger partial charge in [0, 0.05) is 6.92 Å². The molecular weight excluding hydrogens is 176 g/mol. The Hall–Kier alpha value is -1.85. The summed E-state index contributed by atoms with van der Waals surface area (Å²) in [5.74, 6) is 0.0922. The standard InChI is InChI=1S/C7H8N2O4/c1-5-3-7(13-2)6(9(11)12)4-8(5)10/h3-4H,1-2H3. The van der Waals surface area contributed by atoms with Gasteiger partial charge in [-0.15, -0.1) is 0 Å². The van der Waals surface area contributed by atoms with Gasteiger partial charge >= 0.3 is 5.69 Å². The average Bonchev–Trinajstić information content (AvgIpc) is 2.08. The average molecular weight is 184 g/mol. The van der Waals surface area contributed by atoms with Crippen LogP contribution in [-0.4, -0.2) is 12.0 Å². The molecule has 0 saturated heterocycles. The molecule has 1 rings (SSSR count). The van der Waals surface area contributed by atoms with E-state index in [1.807, 2.05) is 0 Å². The van der Waals surface area contributed by atoms with Crippen LogP contribution in [0.1, 0.15) is 5.69 Å². The minimum absolute atomic E-state index is 0.0922. The lowest BCUT2D eigenvalue weighted by Crippen LogP contribution is -2.29. The zero-order chi connectivity index (χ0) is 10.0. The molecule has 1 aromatic rings. The number of hydrogen-bond donors (Lipinski definition) is 0. The maximum absolute atomic E-state index is 11.0. The van der Waals surface area contributed by atoms with Crippen molar-refractivity contribution < 1.29 is 14.4 Å². The molecule has 0 fully saturated rings. The minimum Gasteiger partial charge on any atom is -0.618 e. The van der Waals surface area contributed by atoms with E-state index in [4.69, 9.17) is 4.74 Å². The number of nitro groups is 1. The molecule has 6 heteroatoms. The number of methoxy groups -OCH3 is 1. The van der Waals surface area contributed by atoms with Crippen LogP contribution in [0.3, 0.4) is 0 Å². The first kappa shape index (κ1) is 9.24. The number of rotatable bonds is 2. The Kier molecular flexibility index (Phi) is 2.32. The molecule has 0 spiro atoms. The quantitative estimate of drug-likeness (QED) is 0.291. The third-order valence-corrected chi connectivity index (χ3v) is 1.60. The van der Waals surface area contributed by atoms with Gasteiger partial charge in [0.2, 0.25) is 5.75 Å². The highest BCUT2D eigenvalue weighted by Gasteiger charge is 2.20. The highest BCUT2D eigenvalue weighted by Crippen LogP contribution is 2.24. The van der Waals surface area contributed by atoms with Gasteiger partial charge in [-0.2, -0.15) is 4.73 Å². The van der Waals surface area contributed by atoms with Crippen molar-refractivity contribution in [2.75, 3.05) is 7.11 Å². The van der Waals surface area contributed by atoms with E-state index in [-0.39, 0.29) is 11.4 Å². The van der Waals surface area contributed by atoms with E-state index in [2.05, 4.69) is 0 Å². The summed E-state index contributed by atoms with van der Waals surface area (Å²) in [6.07, 6.45) is 0.883. The molecule has 13 heavy (non-hydrogen) atoms. The fourth-order valence-electron chi connectivity index (χ4n) is 0.904. The maximum Gasteiger partial charge on any atom is 0.375 e. The summed E-state index contributed by atoms with van der Waals surface area (Å²) >= 11 is 0. The zero-order valence-corrected chi connectivity index (χ0v) is 7.18. The largest absolute Gasteiger partial charge is 0.618 e. The van der Waals surface area contributed by atoms with Gasteiger partial charge in [0.25, 0.3) is 6.20 Å². The van der Waals surface area contributed by atoms with Crippen molar-refractivity contribution in [2.45, 2.75) is 6.92 Å². The fraction of sp³-hybridized carbons (Fsp3) is 0.286. The summed E-state index contributed by atoms with van der Waals surface area (Å²) in [6, 6.07) is 1.32. The van der Waals surface area contributed by atoms with E-state index in [0.29, 0.717) is 10.4 Å². The molecule has 0 aliphatic carbocycles. The van der Waals surface area contributed by atoms with E-state index in [1.54, 1.807) is 6.92 Å². The lowest BCUT2D eigenvalue weighted by molar-refractivity contribution is -0.616. The monoisotopic (exact) mass is 184 g/mol. The molecule has 0 N–H and O–H groups in total. The van der Waals surface area contributed by atoms with E-state index in [1.165, 1.54) is 13.2 Å². The molecule has 0 atom stereocenters. The maximum atomic E-state index is 11.0. The Labute approximate surface area is 74.1 Å². The van der Waals surface area contributed by atoms with Crippen LogP contribution in [0.15, 0.2) is 12.3 Å². The van der Waals surface area contributed by atoms with Crippen molar-refractivity contribution in [3.63, 3.8) is 0 Å². The van der Waals surface area contributed by atoms with Crippen molar-refractivity contribution >= 4 is 5.69 Å². The van der Waals surface area contributed by atoms with Gasteiger partial charge in [0.1, 0.15) is 0 Å². The Morgan fingerprint density at radius 1 is 1.62 bits per heavy atom. The second kappa shape index (κ2) is 3.26. The van der Waals surface area contributed by atoms with E-state index in [0.717, 1.165) is 6.20 Å². The summed E-state index contributed by atoms with van der Waals surface area (Å²) in [6.45, 7) is 1.54.